The molecule has 29 heavy (non-hydrogen) atoms. The largest absolute Gasteiger partial charge is 0.451 e. The second kappa shape index (κ2) is 10.6. The lowest BCUT2D eigenvalue weighted by Crippen LogP contribution is -2.33. The van der Waals surface area contributed by atoms with Gasteiger partial charge in [0, 0.05) is 31.6 Å². The van der Waals surface area contributed by atoms with E-state index in [0.29, 0.717) is 43.9 Å². The van der Waals surface area contributed by atoms with Crippen molar-refractivity contribution in [3.8, 4) is 0 Å². The van der Waals surface area contributed by atoms with Gasteiger partial charge in [0.1, 0.15) is 5.58 Å². The number of aldehydes is 1. The van der Waals surface area contributed by atoms with Gasteiger partial charge in [0.15, 0.2) is 12.0 Å². The van der Waals surface area contributed by atoms with Crippen molar-refractivity contribution < 1.29 is 27.5 Å². The highest BCUT2D eigenvalue weighted by Gasteiger charge is 2.32. The van der Waals surface area contributed by atoms with Gasteiger partial charge < -0.3 is 19.7 Å². The zero-order valence-corrected chi connectivity index (χ0v) is 16.9. The standard InChI is InChI=1S/C21H29F3N2O3/c1-3-4-15(8-12-27)7-10-26(11-9-25-2)20-17-13-16(21(22,23)24)5-6-18(17)29-19(20)14-28/h5-6,13-15,25,27H,3-4,7-12H2,1-2H3. The van der Waals surface area contributed by atoms with Crippen molar-refractivity contribution in [3.63, 3.8) is 0 Å². The van der Waals surface area contributed by atoms with Gasteiger partial charge in [-0.3, -0.25) is 4.79 Å². The second-order valence-corrected chi connectivity index (χ2v) is 7.19. The minimum atomic E-state index is -4.48. The van der Waals surface area contributed by atoms with Crippen molar-refractivity contribution in [2.45, 2.75) is 38.8 Å². The van der Waals surface area contributed by atoms with Crippen LogP contribution in [0.4, 0.5) is 18.9 Å². The summed E-state index contributed by atoms with van der Waals surface area (Å²) in [5.74, 6) is 0.343. The monoisotopic (exact) mass is 414 g/mol. The number of furan rings is 1. The topological polar surface area (TPSA) is 65.7 Å². The molecule has 0 spiro atoms. The van der Waals surface area contributed by atoms with Crippen LogP contribution < -0.4 is 10.2 Å². The number of halogens is 3. The average Bonchev–Trinajstić information content (AvgIpc) is 3.05. The van der Waals surface area contributed by atoms with Crippen molar-refractivity contribution >= 4 is 22.9 Å². The number of rotatable bonds is 12. The number of benzene rings is 1. The second-order valence-electron chi connectivity index (χ2n) is 7.19. The Bertz CT molecular complexity index is 783. The van der Waals surface area contributed by atoms with E-state index in [4.69, 9.17) is 4.42 Å². The van der Waals surface area contributed by atoms with Gasteiger partial charge in [0.2, 0.25) is 0 Å². The highest BCUT2D eigenvalue weighted by molar-refractivity contribution is 6.00. The number of aliphatic hydroxyl groups excluding tert-OH is 1. The molecule has 2 N–H and O–H groups in total. The minimum Gasteiger partial charge on any atom is -0.451 e. The molecule has 0 radical (unpaired) electrons. The normalized spacial score (nSPS) is 13.0. The average molecular weight is 414 g/mol. The molecule has 0 aliphatic rings. The van der Waals surface area contributed by atoms with Gasteiger partial charge in [-0.25, -0.2) is 0 Å². The third-order valence-electron chi connectivity index (χ3n) is 5.11. The van der Waals surface area contributed by atoms with Gasteiger partial charge in [-0.2, -0.15) is 13.2 Å². The van der Waals surface area contributed by atoms with Crippen molar-refractivity contribution in [1.82, 2.24) is 5.32 Å². The van der Waals surface area contributed by atoms with Gasteiger partial charge in [0.05, 0.1) is 11.3 Å². The number of likely N-dealkylation sites (N-methyl/N-ethyl adjacent to an activating group) is 1. The zero-order valence-electron chi connectivity index (χ0n) is 16.9. The first-order chi connectivity index (χ1) is 13.8. The molecule has 1 aromatic carbocycles. The quantitative estimate of drug-likeness (QED) is 0.502. The van der Waals surface area contributed by atoms with Gasteiger partial charge >= 0.3 is 6.18 Å². The number of carbonyl (C=O) groups is 1. The third-order valence-corrected chi connectivity index (χ3v) is 5.11. The highest BCUT2D eigenvalue weighted by atomic mass is 19.4. The molecule has 8 heteroatoms. The number of anilines is 1. The first-order valence-electron chi connectivity index (χ1n) is 9.95. The Morgan fingerprint density at radius 2 is 2.00 bits per heavy atom. The fourth-order valence-electron chi connectivity index (χ4n) is 3.63. The van der Waals surface area contributed by atoms with Crippen LogP contribution >= 0.6 is 0 Å². The lowest BCUT2D eigenvalue weighted by molar-refractivity contribution is -0.137. The smallest absolute Gasteiger partial charge is 0.416 e. The number of carbonyl (C=O) groups excluding carboxylic acids is 1. The summed E-state index contributed by atoms with van der Waals surface area (Å²) in [7, 11) is 1.79. The molecule has 0 aliphatic carbocycles. The molecule has 0 bridgehead atoms. The number of aliphatic hydroxyl groups is 1. The Labute approximate surface area is 168 Å². The summed E-state index contributed by atoms with van der Waals surface area (Å²) in [6, 6.07) is 3.27. The summed E-state index contributed by atoms with van der Waals surface area (Å²) < 4.78 is 45.2. The van der Waals surface area contributed by atoms with Gasteiger partial charge in [-0.1, -0.05) is 19.8 Å². The molecule has 0 saturated heterocycles. The van der Waals surface area contributed by atoms with E-state index in [2.05, 4.69) is 12.2 Å². The fourth-order valence-corrected chi connectivity index (χ4v) is 3.63. The number of hydrogen-bond acceptors (Lipinski definition) is 5. The van der Waals surface area contributed by atoms with E-state index in [1.165, 1.54) is 6.07 Å². The van der Waals surface area contributed by atoms with E-state index in [-0.39, 0.29) is 23.3 Å². The summed E-state index contributed by atoms with van der Waals surface area (Å²) in [4.78, 5) is 13.5. The predicted molar refractivity (Wildman–Crippen MR) is 107 cm³/mol. The highest BCUT2D eigenvalue weighted by Crippen LogP contribution is 2.38. The molecule has 1 unspecified atom stereocenters. The van der Waals surface area contributed by atoms with E-state index in [1.54, 1.807) is 7.05 Å². The third kappa shape index (κ3) is 5.96. The fraction of sp³-hybridized carbons (Fsp3) is 0.571. The Hall–Kier alpha value is -2.06. The maximum atomic E-state index is 13.2. The number of nitrogens with one attached hydrogen (secondary N) is 1. The van der Waals surface area contributed by atoms with Crippen LogP contribution in [0.1, 0.15) is 48.7 Å². The molecule has 0 aliphatic heterocycles. The van der Waals surface area contributed by atoms with Crippen LogP contribution in [0.5, 0.6) is 0 Å². The summed E-state index contributed by atoms with van der Waals surface area (Å²) >= 11 is 0. The first-order valence-corrected chi connectivity index (χ1v) is 9.95. The summed E-state index contributed by atoms with van der Waals surface area (Å²) in [6.45, 7) is 3.85. The van der Waals surface area contributed by atoms with E-state index in [1.807, 2.05) is 4.90 Å². The molecular weight excluding hydrogens is 385 g/mol. The maximum absolute atomic E-state index is 13.2. The van der Waals surface area contributed by atoms with E-state index < -0.39 is 11.7 Å². The molecule has 1 heterocycles. The number of alkyl halides is 3. The van der Waals surface area contributed by atoms with Crippen LogP contribution in [0.25, 0.3) is 11.0 Å². The van der Waals surface area contributed by atoms with Crippen molar-refractivity contribution in [1.29, 1.82) is 0 Å². The lowest BCUT2D eigenvalue weighted by atomic mass is 9.96. The molecule has 1 aromatic heterocycles. The van der Waals surface area contributed by atoms with Crippen LogP contribution in [0.15, 0.2) is 22.6 Å². The van der Waals surface area contributed by atoms with Crippen LogP contribution in [0, 0.1) is 5.92 Å². The Balaban J connectivity index is 2.43. The molecule has 5 nitrogen and oxygen atoms in total. The van der Waals surface area contributed by atoms with Crippen LogP contribution in [0.2, 0.25) is 0 Å². The first kappa shape index (κ1) is 23.2. The SMILES string of the molecule is CCCC(CCO)CCN(CCNC)c1c(C=O)oc2ccc(C(F)(F)F)cc12. The molecule has 2 aromatic rings. The Morgan fingerprint density at radius 1 is 1.24 bits per heavy atom. The summed E-state index contributed by atoms with van der Waals surface area (Å²) in [5, 5.41) is 12.6. The predicted octanol–water partition coefficient (Wildman–Crippen LogP) is 4.48. The maximum Gasteiger partial charge on any atom is 0.416 e. The van der Waals surface area contributed by atoms with Crippen LogP contribution in [-0.4, -0.2) is 44.7 Å². The summed E-state index contributed by atoms with van der Waals surface area (Å²) in [5.41, 5.74) is -0.122. The molecule has 0 fully saturated rings. The van der Waals surface area contributed by atoms with Crippen LogP contribution in [0.3, 0.4) is 0 Å². The summed E-state index contributed by atoms with van der Waals surface area (Å²) in [6.07, 6.45) is -0.532. The van der Waals surface area contributed by atoms with Gasteiger partial charge in [-0.05, 0) is 44.0 Å². The van der Waals surface area contributed by atoms with Crippen molar-refractivity contribution in [2.24, 2.45) is 5.92 Å². The van der Waals surface area contributed by atoms with Crippen molar-refractivity contribution in [2.75, 3.05) is 38.2 Å². The van der Waals surface area contributed by atoms with E-state index in [0.717, 1.165) is 31.4 Å². The molecule has 1 atom stereocenters. The number of nitrogens with zero attached hydrogens (tertiary/aromatic N) is 1. The van der Waals surface area contributed by atoms with E-state index >= 15 is 0 Å². The Kier molecular flexibility index (Phi) is 8.52. The molecule has 162 valence electrons. The Morgan fingerprint density at radius 3 is 2.59 bits per heavy atom. The van der Waals surface area contributed by atoms with Gasteiger partial charge in [0.25, 0.3) is 0 Å². The molecule has 0 saturated carbocycles. The zero-order chi connectivity index (χ0) is 21.4. The molecular formula is C21H29F3N2O3. The van der Waals surface area contributed by atoms with Crippen LogP contribution in [-0.2, 0) is 6.18 Å². The molecule has 0 amide bonds. The number of hydrogen-bond donors (Lipinski definition) is 2. The number of fused-ring (bicyclic) bond motifs is 1. The van der Waals surface area contributed by atoms with Crippen molar-refractivity contribution in [3.05, 3.63) is 29.5 Å². The lowest BCUT2D eigenvalue weighted by Gasteiger charge is -2.27. The van der Waals surface area contributed by atoms with Gasteiger partial charge in [-0.15, -0.1) is 0 Å². The minimum absolute atomic E-state index is 0.0321. The molecule has 2 rings (SSSR count). The van der Waals surface area contributed by atoms with E-state index in [9.17, 15) is 23.1 Å².